The van der Waals surface area contributed by atoms with Crippen LogP contribution in [0.25, 0.3) is 0 Å². The number of ketones is 1. The highest BCUT2D eigenvalue weighted by molar-refractivity contribution is 6.36. The normalized spacial score (nSPS) is 12.9. The van der Waals surface area contributed by atoms with Crippen LogP contribution >= 0.6 is 0 Å². The molecule has 0 saturated heterocycles. The van der Waals surface area contributed by atoms with E-state index in [4.69, 9.17) is 4.74 Å². The molecule has 1 aliphatic rings. The van der Waals surface area contributed by atoms with E-state index in [9.17, 15) is 19.2 Å². The lowest BCUT2D eigenvalue weighted by Gasteiger charge is -2.10. The molecule has 1 heterocycles. The van der Waals surface area contributed by atoms with Crippen LogP contribution in [0.4, 0.5) is 5.69 Å². The zero-order valence-corrected chi connectivity index (χ0v) is 11.3. The molecule has 8 heteroatoms. The van der Waals surface area contributed by atoms with Crippen molar-refractivity contribution in [3.05, 3.63) is 22.8 Å². The number of nitrogens with one attached hydrogen (secondary N) is 1. The maximum atomic E-state index is 11.6. The van der Waals surface area contributed by atoms with Crippen LogP contribution in [0.15, 0.2) is 22.1 Å². The van der Waals surface area contributed by atoms with Crippen LogP contribution in [0.3, 0.4) is 0 Å². The first-order valence-corrected chi connectivity index (χ1v) is 5.94. The monoisotopic (exact) mass is 289 g/mol. The van der Waals surface area contributed by atoms with Crippen LogP contribution in [-0.4, -0.2) is 30.6 Å². The summed E-state index contributed by atoms with van der Waals surface area (Å²) in [4.78, 5) is 52.1. The van der Waals surface area contributed by atoms with Crippen LogP contribution in [0.2, 0.25) is 0 Å². The highest BCUT2D eigenvalue weighted by Crippen LogP contribution is 2.20. The maximum absolute atomic E-state index is 11.6. The molecule has 1 aliphatic heterocycles. The smallest absolute Gasteiger partial charge is 0.338 e. The molecule has 0 fully saturated rings. The van der Waals surface area contributed by atoms with E-state index in [1.54, 1.807) is 0 Å². The molecular formula is C13H11N3O5. The van der Waals surface area contributed by atoms with Gasteiger partial charge in [0.1, 0.15) is 11.5 Å². The lowest BCUT2D eigenvalue weighted by molar-refractivity contribution is -0.135. The van der Waals surface area contributed by atoms with Gasteiger partial charge in [-0.3, -0.25) is 19.2 Å². The van der Waals surface area contributed by atoms with Crippen molar-refractivity contribution < 1.29 is 23.9 Å². The third kappa shape index (κ3) is 3.16. The molecule has 1 aromatic rings. The number of fused-ring (bicyclic) bond motifs is 1. The number of carbonyl (C=O) groups is 4. The molecular weight excluding hydrogens is 278 g/mol. The van der Waals surface area contributed by atoms with Crippen LogP contribution < -0.4 is 20.8 Å². The van der Waals surface area contributed by atoms with Crippen LogP contribution in [0.1, 0.15) is 13.3 Å². The van der Waals surface area contributed by atoms with Crippen LogP contribution in [0.5, 0.6) is 5.75 Å². The quantitative estimate of drug-likeness (QED) is 0.559. The van der Waals surface area contributed by atoms with Gasteiger partial charge < -0.3 is 10.1 Å². The molecule has 0 radical (unpaired) electrons. The summed E-state index contributed by atoms with van der Waals surface area (Å²) in [5.41, 5.74) is 0.239. The van der Waals surface area contributed by atoms with Gasteiger partial charge in [-0.05, 0) is 13.0 Å². The number of amides is 3. The second-order valence-corrected chi connectivity index (χ2v) is 4.30. The van der Waals surface area contributed by atoms with Gasteiger partial charge in [0.2, 0.25) is 5.91 Å². The standard InChI is InChI=1S/C13H11N3O5/c1-6(17)3-11(18)14-9-4-7-8(5-10(9)21-2)16-13(20)12(19)15-7/h4-5H,3H2,1-2H3,(H,14,18). The second kappa shape index (κ2) is 5.61. The number of Topliss-reactive ketones (excluding diaryl/α,β-unsaturated/α-hetero) is 1. The fourth-order valence-corrected chi connectivity index (χ4v) is 1.74. The molecule has 8 nitrogen and oxygen atoms in total. The molecule has 0 atom stereocenters. The summed E-state index contributed by atoms with van der Waals surface area (Å²) in [6.45, 7) is 1.29. The van der Waals surface area contributed by atoms with Crippen LogP contribution in [0, 0.1) is 0 Å². The molecule has 0 unspecified atom stereocenters. The predicted molar refractivity (Wildman–Crippen MR) is 69.2 cm³/mol. The van der Waals surface area contributed by atoms with Gasteiger partial charge in [-0.1, -0.05) is 0 Å². The first kappa shape index (κ1) is 14.5. The number of nitrogens with zero attached hydrogens (tertiary/aromatic N) is 2. The SMILES string of the molecule is COc1cc2c(cc1NC(=O)CC(C)=O)=NC(=O)C(=O)N=2. The van der Waals surface area contributed by atoms with Gasteiger partial charge in [-0.15, -0.1) is 0 Å². The van der Waals surface area contributed by atoms with Gasteiger partial charge in [0.15, 0.2) is 0 Å². The third-order valence-corrected chi connectivity index (χ3v) is 2.61. The average Bonchev–Trinajstić information content (AvgIpc) is 2.39. The summed E-state index contributed by atoms with van der Waals surface area (Å²) in [6, 6.07) is 2.74. The largest absolute Gasteiger partial charge is 0.494 e. The summed E-state index contributed by atoms with van der Waals surface area (Å²) in [7, 11) is 1.37. The molecule has 1 aromatic carbocycles. The minimum absolute atomic E-state index is 0.151. The Labute approximate surface area is 118 Å². The Morgan fingerprint density at radius 1 is 1.14 bits per heavy atom. The van der Waals surface area contributed by atoms with Crippen molar-refractivity contribution in [3.8, 4) is 5.75 Å². The zero-order valence-electron chi connectivity index (χ0n) is 11.3. The van der Waals surface area contributed by atoms with Crippen molar-refractivity contribution in [2.45, 2.75) is 13.3 Å². The van der Waals surface area contributed by atoms with Crippen molar-refractivity contribution in [1.82, 2.24) is 0 Å². The van der Waals surface area contributed by atoms with Gasteiger partial charge in [0.25, 0.3) is 0 Å². The maximum Gasteiger partial charge on any atom is 0.338 e. The van der Waals surface area contributed by atoms with E-state index in [-0.39, 0.29) is 34.4 Å². The molecule has 1 N–H and O–H groups in total. The summed E-state index contributed by atoms with van der Waals surface area (Å²) in [5, 5.41) is 2.82. The number of ether oxygens (including phenoxy) is 1. The Morgan fingerprint density at radius 3 is 2.24 bits per heavy atom. The van der Waals surface area contributed by atoms with Crippen LogP contribution in [-0.2, 0) is 19.2 Å². The molecule has 0 bridgehead atoms. The highest BCUT2D eigenvalue weighted by Gasteiger charge is 2.18. The molecule has 3 amide bonds. The number of anilines is 1. The minimum atomic E-state index is -0.978. The number of rotatable bonds is 4. The molecule has 0 saturated carbocycles. The zero-order chi connectivity index (χ0) is 15.6. The minimum Gasteiger partial charge on any atom is -0.494 e. The Bertz CT molecular complexity index is 782. The predicted octanol–water partition coefficient (Wildman–Crippen LogP) is -1.08. The van der Waals surface area contributed by atoms with E-state index in [0.717, 1.165) is 0 Å². The first-order valence-electron chi connectivity index (χ1n) is 5.94. The van der Waals surface area contributed by atoms with E-state index < -0.39 is 17.7 Å². The second-order valence-electron chi connectivity index (χ2n) is 4.30. The van der Waals surface area contributed by atoms with E-state index in [1.807, 2.05) is 0 Å². The Morgan fingerprint density at radius 2 is 1.71 bits per heavy atom. The molecule has 108 valence electrons. The highest BCUT2D eigenvalue weighted by atomic mass is 16.5. The first-order chi connectivity index (χ1) is 9.90. The Hall–Kier alpha value is -2.90. The van der Waals surface area contributed by atoms with Gasteiger partial charge in [-0.25, -0.2) is 9.98 Å². The lowest BCUT2D eigenvalue weighted by Crippen LogP contribution is -2.35. The summed E-state index contributed by atoms with van der Waals surface area (Å²) < 4.78 is 5.08. The molecule has 0 spiro atoms. The Kier molecular flexibility index (Phi) is 3.88. The third-order valence-electron chi connectivity index (χ3n) is 2.61. The lowest BCUT2D eigenvalue weighted by atomic mass is 10.2. The molecule has 21 heavy (non-hydrogen) atoms. The van der Waals surface area contributed by atoms with Crippen molar-refractivity contribution in [2.24, 2.45) is 9.98 Å². The molecule has 2 rings (SSSR count). The summed E-state index contributed by atoms with van der Waals surface area (Å²) in [5.74, 6) is -2.50. The van der Waals surface area contributed by atoms with Crippen molar-refractivity contribution in [3.63, 3.8) is 0 Å². The number of methoxy groups -OCH3 is 1. The topological polar surface area (TPSA) is 114 Å². The number of hydrogen-bond donors (Lipinski definition) is 1. The number of benzene rings is 1. The fraction of sp³-hybridized carbons (Fsp3) is 0.231. The van der Waals surface area contributed by atoms with Crippen molar-refractivity contribution in [1.29, 1.82) is 0 Å². The van der Waals surface area contributed by atoms with Gasteiger partial charge in [0, 0.05) is 6.07 Å². The van der Waals surface area contributed by atoms with Crippen molar-refractivity contribution in [2.75, 3.05) is 12.4 Å². The van der Waals surface area contributed by atoms with E-state index in [2.05, 4.69) is 15.3 Å². The van der Waals surface area contributed by atoms with E-state index >= 15 is 0 Å². The van der Waals surface area contributed by atoms with E-state index in [0.29, 0.717) is 0 Å². The van der Waals surface area contributed by atoms with Gasteiger partial charge in [0.05, 0.1) is 29.9 Å². The van der Waals surface area contributed by atoms with E-state index in [1.165, 1.54) is 26.2 Å². The van der Waals surface area contributed by atoms with Gasteiger partial charge in [-0.2, -0.15) is 0 Å². The summed E-state index contributed by atoms with van der Waals surface area (Å²) >= 11 is 0. The molecule has 0 aromatic heterocycles. The summed E-state index contributed by atoms with van der Waals surface area (Å²) in [6.07, 6.45) is -0.279. The average molecular weight is 289 g/mol. The number of hydrogen-bond acceptors (Lipinski definition) is 5. The van der Waals surface area contributed by atoms with Gasteiger partial charge >= 0.3 is 11.8 Å². The molecule has 0 aliphatic carbocycles. The Balaban J connectivity index is 2.47. The number of carbonyl (C=O) groups excluding carboxylic acids is 4. The fourth-order valence-electron chi connectivity index (χ4n) is 1.74. The van der Waals surface area contributed by atoms with Crippen molar-refractivity contribution >= 4 is 29.2 Å².